The molecule has 0 amide bonds. The van der Waals surface area contributed by atoms with Crippen molar-refractivity contribution in [2.24, 2.45) is 0 Å². The normalized spacial score (nSPS) is 10.6. The van der Waals surface area contributed by atoms with E-state index in [2.05, 4.69) is 17.2 Å². The molecule has 1 heterocycles. The van der Waals surface area contributed by atoms with E-state index in [9.17, 15) is 0 Å². The summed E-state index contributed by atoms with van der Waals surface area (Å²) in [5.41, 5.74) is 3.13. The van der Waals surface area contributed by atoms with E-state index in [-0.39, 0.29) is 0 Å². The van der Waals surface area contributed by atoms with E-state index in [1.54, 1.807) is 0 Å². The lowest BCUT2D eigenvalue weighted by molar-refractivity contribution is 0.301. The van der Waals surface area contributed by atoms with Gasteiger partial charge in [-0.15, -0.1) is 0 Å². The third kappa shape index (κ3) is 4.22. The molecule has 4 heteroatoms. The fourth-order valence-corrected chi connectivity index (χ4v) is 1.96. The Morgan fingerprint density at radius 2 is 2.00 bits per heavy atom. The molecule has 2 rings (SSSR count). The lowest BCUT2D eigenvalue weighted by Crippen LogP contribution is -2.13. The van der Waals surface area contributed by atoms with E-state index in [1.807, 2.05) is 43.5 Å². The fourth-order valence-electron chi connectivity index (χ4n) is 1.83. The quantitative estimate of drug-likeness (QED) is 0.880. The predicted molar refractivity (Wildman–Crippen MR) is 82.1 cm³/mol. The third-order valence-corrected chi connectivity index (χ3v) is 3.21. The Morgan fingerprint density at radius 3 is 2.70 bits per heavy atom. The molecule has 1 aromatic heterocycles. The Hall–Kier alpha value is -1.58. The molecule has 0 bridgehead atoms. The van der Waals surface area contributed by atoms with Crippen molar-refractivity contribution in [3.63, 3.8) is 0 Å². The summed E-state index contributed by atoms with van der Waals surface area (Å²) >= 11 is 5.87. The Morgan fingerprint density at radius 1 is 1.25 bits per heavy atom. The number of pyridine rings is 1. The second-order valence-electron chi connectivity index (χ2n) is 4.63. The summed E-state index contributed by atoms with van der Waals surface area (Å²) in [5.74, 6) is 0.883. The lowest BCUT2D eigenvalue weighted by Gasteiger charge is -2.12. The Kier molecular flexibility index (Phi) is 5.39. The average Bonchev–Trinajstić information content (AvgIpc) is 2.46. The van der Waals surface area contributed by atoms with Crippen molar-refractivity contribution in [3.05, 3.63) is 58.4 Å². The molecule has 1 N–H and O–H groups in total. The molecule has 1 aromatic carbocycles. The molecule has 2 aromatic rings. The van der Waals surface area contributed by atoms with Gasteiger partial charge in [0.25, 0.3) is 0 Å². The second kappa shape index (κ2) is 7.27. The molecule has 3 nitrogen and oxygen atoms in total. The van der Waals surface area contributed by atoms with Crippen LogP contribution in [0.2, 0.25) is 5.02 Å². The van der Waals surface area contributed by atoms with Gasteiger partial charge in [-0.2, -0.15) is 0 Å². The van der Waals surface area contributed by atoms with Gasteiger partial charge in [0.15, 0.2) is 0 Å². The third-order valence-electron chi connectivity index (χ3n) is 2.95. The van der Waals surface area contributed by atoms with Gasteiger partial charge in [0.05, 0.1) is 0 Å². The van der Waals surface area contributed by atoms with Crippen molar-refractivity contribution >= 4 is 11.6 Å². The zero-order valence-corrected chi connectivity index (χ0v) is 12.6. The van der Waals surface area contributed by atoms with Gasteiger partial charge in [0.2, 0.25) is 0 Å². The second-order valence-corrected chi connectivity index (χ2v) is 5.07. The van der Waals surface area contributed by atoms with Crippen LogP contribution in [0.3, 0.4) is 0 Å². The monoisotopic (exact) mass is 290 g/mol. The van der Waals surface area contributed by atoms with Crippen LogP contribution in [-0.2, 0) is 13.2 Å². The molecule has 0 saturated heterocycles. The SMILES string of the molecule is CCNCc1cnc(C)cc1OCc1ccc(Cl)cc1. The standard InChI is InChI=1S/C16H19ClN2O/c1-3-18-9-14-10-19-12(2)8-16(14)20-11-13-4-6-15(17)7-5-13/h4-8,10,18H,3,9,11H2,1-2H3. The van der Waals surface area contributed by atoms with Gasteiger partial charge in [-0.05, 0) is 31.2 Å². The Balaban J connectivity index is 2.07. The Bertz CT molecular complexity index is 555. The molecule has 0 aliphatic rings. The maximum absolute atomic E-state index is 5.92. The van der Waals surface area contributed by atoms with Gasteiger partial charge < -0.3 is 10.1 Å². The molecule has 0 fully saturated rings. The largest absolute Gasteiger partial charge is 0.488 e. The van der Waals surface area contributed by atoms with Crippen molar-refractivity contribution < 1.29 is 4.74 Å². The van der Waals surface area contributed by atoms with E-state index in [0.29, 0.717) is 6.61 Å². The van der Waals surface area contributed by atoms with Gasteiger partial charge in [-0.25, -0.2) is 0 Å². The average molecular weight is 291 g/mol. The highest BCUT2D eigenvalue weighted by molar-refractivity contribution is 6.30. The smallest absolute Gasteiger partial charge is 0.127 e. The molecule has 0 saturated carbocycles. The highest BCUT2D eigenvalue weighted by atomic mass is 35.5. The number of hydrogen-bond acceptors (Lipinski definition) is 3. The predicted octanol–water partition coefficient (Wildman–Crippen LogP) is 3.73. The molecule has 0 atom stereocenters. The topological polar surface area (TPSA) is 34.2 Å². The summed E-state index contributed by atoms with van der Waals surface area (Å²) < 4.78 is 5.92. The van der Waals surface area contributed by atoms with Gasteiger partial charge in [-0.1, -0.05) is 30.7 Å². The number of nitrogens with zero attached hydrogens (tertiary/aromatic N) is 1. The number of benzene rings is 1. The number of aryl methyl sites for hydroxylation is 1. The van der Waals surface area contributed by atoms with E-state index in [0.717, 1.165) is 40.7 Å². The number of hydrogen-bond donors (Lipinski definition) is 1. The van der Waals surface area contributed by atoms with Crippen molar-refractivity contribution in [1.82, 2.24) is 10.3 Å². The first-order chi connectivity index (χ1) is 9.69. The number of nitrogens with one attached hydrogen (secondary N) is 1. The van der Waals surface area contributed by atoms with Crippen LogP contribution in [0, 0.1) is 6.92 Å². The van der Waals surface area contributed by atoms with Crippen molar-refractivity contribution in [2.45, 2.75) is 27.0 Å². The zero-order valence-electron chi connectivity index (χ0n) is 11.8. The van der Waals surface area contributed by atoms with E-state index in [4.69, 9.17) is 16.3 Å². The van der Waals surface area contributed by atoms with Crippen LogP contribution >= 0.6 is 11.6 Å². The summed E-state index contributed by atoms with van der Waals surface area (Å²) in [5, 5.41) is 4.03. The molecule has 0 radical (unpaired) electrons. The minimum Gasteiger partial charge on any atom is -0.488 e. The van der Waals surface area contributed by atoms with Crippen molar-refractivity contribution in [1.29, 1.82) is 0 Å². The van der Waals surface area contributed by atoms with Crippen molar-refractivity contribution in [3.8, 4) is 5.75 Å². The first kappa shape index (κ1) is 14.8. The summed E-state index contributed by atoms with van der Waals surface area (Å²) in [4.78, 5) is 4.32. The lowest BCUT2D eigenvalue weighted by atomic mass is 10.2. The molecule has 0 aliphatic carbocycles. The number of ether oxygens (including phenoxy) is 1. The highest BCUT2D eigenvalue weighted by Gasteiger charge is 2.05. The zero-order chi connectivity index (χ0) is 14.4. The van der Waals surface area contributed by atoms with Crippen LogP contribution in [-0.4, -0.2) is 11.5 Å². The maximum Gasteiger partial charge on any atom is 0.127 e. The van der Waals surface area contributed by atoms with Gasteiger partial charge in [0.1, 0.15) is 12.4 Å². The van der Waals surface area contributed by atoms with Crippen LogP contribution in [0.25, 0.3) is 0 Å². The minimum atomic E-state index is 0.528. The van der Waals surface area contributed by atoms with E-state index < -0.39 is 0 Å². The molecular weight excluding hydrogens is 272 g/mol. The summed E-state index contributed by atoms with van der Waals surface area (Å²) in [7, 11) is 0. The summed E-state index contributed by atoms with van der Waals surface area (Å²) in [6.45, 7) is 6.26. The van der Waals surface area contributed by atoms with Crippen LogP contribution in [0.5, 0.6) is 5.75 Å². The summed E-state index contributed by atoms with van der Waals surface area (Å²) in [6.07, 6.45) is 1.87. The molecular formula is C16H19ClN2O. The van der Waals surface area contributed by atoms with Crippen molar-refractivity contribution in [2.75, 3.05) is 6.54 Å². The van der Waals surface area contributed by atoms with Crippen LogP contribution in [0.4, 0.5) is 0 Å². The van der Waals surface area contributed by atoms with Crippen LogP contribution < -0.4 is 10.1 Å². The highest BCUT2D eigenvalue weighted by Crippen LogP contribution is 2.20. The van der Waals surface area contributed by atoms with Gasteiger partial charge in [0, 0.05) is 35.1 Å². The first-order valence-corrected chi connectivity index (χ1v) is 7.10. The molecule has 0 spiro atoms. The number of rotatable bonds is 6. The maximum atomic E-state index is 5.92. The number of aromatic nitrogens is 1. The van der Waals surface area contributed by atoms with Gasteiger partial charge in [-0.3, -0.25) is 4.98 Å². The minimum absolute atomic E-state index is 0.528. The van der Waals surface area contributed by atoms with Crippen LogP contribution in [0.1, 0.15) is 23.7 Å². The summed E-state index contributed by atoms with van der Waals surface area (Å²) in [6, 6.07) is 9.67. The molecule has 0 aliphatic heterocycles. The fraction of sp³-hybridized carbons (Fsp3) is 0.312. The Labute approximate surface area is 124 Å². The molecule has 20 heavy (non-hydrogen) atoms. The van der Waals surface area contributed by atoms with Crippen LogP contribution in [0.15, 0.2) is 36.5 Å². The first-order valence-electron chi connectivity index (χ1n) is 6.72. The molecule has 0 unspecified atom stereocenters. The molecule has 106 valence electrons. The number of halogens is 1. The van der Waals surface area contributed by atoms with Gasteiger partial charge >= 0.3 is 0 Å². The van der Waals surface area contributed by atoms with E-state index >= 15 is 0 Å². The van der Waals surface area contributed by atoms with E-state index in [1.165, 1.54) is 0 Å².